The van der Waals surface area contributed by atoms with Crippen molar-refractivity contribution < 1.29 is 13.6 Å². The second kappa shape index (κ2) is 2.69. The molecule has 0 aromatic heterocycles. The monoisotopic (exact) mass is 91.1 g/mol. The molecule has 0 rings (SSSR count). The van der Waals surface area contributed by atoms with Crippen LogP contribution in [-0.4, -0.2) is 12.6 Å². The number of hydrogen-bond acceptors (Lipinski definition) is 2. The second-order valence-corrected chi connectivity index (χ2v) is 0.780. The van der Waals surface area contributed by atoms with Gasteiger partial charge in [-0.3, -0.25) is 4.79 Å². The molecule has 0 aliphatic rings. The lowest BCUT2D eigenvalue weighted by Gasteiger charge is -1.89. The van der Waals surface area contributed by atoms with Gasteiger partial charge in [0.2, 0.25) is 0 Å². The summed E-state index contributed by atoms with van der Waals surface area (Å²) in [5, 5.41) is 0. The highest BCUT2D eigenvalue weighted by molar-refractivity contribution is 5.65. The zero-order valence-electron chi connectivity index (χ0n) is 6.52. The minimum absolute atomic E-state index is 0.498. The van der Waals surface area contributed by atoms with Gasteiger partial charge < -0.3 is 4.74 Å². The first-order chi connectivity index (χ1) is 3.92. The average molecular weight is 91.1 g/mol. The van der Waals surface area contributed by atoms with Gasteiger partial charge >= 0.3 is 5.97 Å². The molecule has 0 aliphatic heterocycles. The van der Waals surface area contributed by atoms with Gasteiger partial charge in [-0.2, -0.15) is 0 Å². The summed E-state index contributed by atoms with van der Waals surface area (Å²) in [5.41, 5.74) is 0. The molecule has 2 nitrogen and oxygen atoms in total. The van der Waals surface area contributed by atoms with E-state index in [1.165, 1.54) is 6.92 Å². The predicted octanol–water partition coefficient (Wildman–Crippen LogP) is 0.569. The van der Waals surface area contributed by atoms with Crippen molar-refractivity contribution in [2.24, 2.45) is 0 Å². The molecule has 0 aromatic carbocycles. The van der Waals surface area contributed by atoms with Gasteiger partial charge in [0, 0.05) is 11.0 Å². The molecule has 0 atom stereocenters. The second-order valence-electron chi connectivity index (χ2n) is 0.780. The Morgan fingerprint density at radius 1 is 2.17 bits per heavy atom. The van der Waals surface area contributed by atoms with Crippen LogP contribution in [0, 0.1) is 0 Å². The van der Waals surface area contributed by atoms with Crippen molar-refractivity contribution in [1.29, 1.82) is 0 Å². The Morgan fingerprint density at radius 2 is 2.83 bits per heavy atom. The van der Waals surface area contributed by atoms with E-state index >= 15 is 0 Å². The summed E-state index contributed by atoms with van der Waals surface area (Å²) >= 11 is 0. The van der Waals surface area contributed by atoms with Crippen LogP contribution in [0.25, 0.3) is 0 Å². The highest BCUT2D eigenvalue weighted by Gasteiger charge is 1.81. The zero-order valence-corrected chi connectivity index (χ0v) is 3.52. The van der Waals surface area contributed by atoms with Gasteiger partial charge in [-0.05, 0) is 6.85 Å². The van der Waals surface area contributed by atoms with E-state index in [-0.39, 0.29) is 0 Å². The zero-order chi connectivity index (χ0) is 7.49. The third kappa shape index (κ3) is 3.47. The van der Waals surface area contributed by atoms with Crippen LogP contribution in [0.1, 0.15) is 17.9 Å². The highest BCUT2D eigenvalue weighted by Crippen LogP contribution is 1.69. The number of hydrogen-bond donors (Lipinski definition) is 0. The molecule has 0 amide bonds. The fourth-order valence-electron chi connectivity index (χ4n) is 0.102. The molecule has 0 radical (unpaired) electrons. The normalized spacial score (nSPS) is 17.2. The van der Waals surface area contributed by atoms with Crippen molar-refractivity contribution in [2.75, 3.05) is 6.61 Å². The topological polar surface area (TPSA) is 26.3 Å². The maximum atomic E-state index is 10.0. The molecule has 36 valence electrons. The summed E-state index contributed by atoms with van der Waals surface area (Å²) in [4.78, 5) is 10.0. The van der Waals surface area contributed by atoms with Gasteiger partial charge in [0.05, 0.1) is 6.61 Å². The summed E-state index contributed by atoms with van der Waals surface area (Å²) in [6.45, 7) is -1.49. The molecule has 0 spiro atoms. The summed E-state index contributed by atoms with van der Waals surface area (Å²) in [6, 6.07) is 0. The van der Waals surface area contributed by atoms with E-state index in [4.69, 9.17) is 4.11 Å². The van der Waals surface area contributed by atoms with E-state index in [2.05, 4.69) is 4.74 Å². The van der Waals surface area contributed by atoms with E-state index in [1.54, 1.807) is 0 Å². The molecule has 0 aliphatic carbocycles. The Hall–Kier alpha value is -0.530. The van der Waals surface area contributed by atoms with Gasteiger partial charge in [0.25, 0.3) is 0 Å². The lowest BCUT2D eigenvalue weighted by Crippen LogP contribution is -1.95. The molecule has 0 N–H and O–H groups in total. The standard InChI is InChI=1S/C4H8O2/c1-3-6-4(2)5/h3H2,1-2H3/i1D3. The maximum Gasteiger partial charge on any atom is 0.302 e. The van der Waals surface area contributed by atoms with Crippen LogP contribution in [0.15, 0.2) is 0 Å². The smallest absolute Gasteiger partial charge is 0.302 e. The van der Waals surface area contributed by atoms with Crippen LogP contribution >= 0.6 is 0 Å². The highest BCUT2D eigenvalue weighted by atomic mass is 16.5. The number of esters is 1. The Labute approximate surface area is 41.3 Å². The summed E-state index contributed by atoms with van der Waals surface area (Å²) in [6.07, 6.45) is 0. The maximum absolute atomic E-state index is 10.0. The van der Waals surface area contributed by atoms with E-state index < -0.39 is 19.4 Å². The third-order valence-electron chi connectivity index (χ3n) is 0.275. The number of ether oxygens (including phenoxy) is 1. The van der Waals surface area contributed by atoms with E-state index in [1.807, 2.05) is 0 Å². The molecule has 6 heavy (non-hydrogen) atoms. The van der Waals surface area contributed by atoms with Crippen LogP contribution in [-0.2, 0) is 9.53 Å². The first-order valence-electron chi connectivity index (χ1n) is 3.05. The lowest BCUT2D eigenvalue weighted by molar-refractivity contribution is -0.140. The van der Waals surface area contributed by atoms with Gasteiger partial charge in [-0.25, -0.2) is 0 Å². The van der Waals surface area contributed by atoms with Crippen LogP contribution in [0.2, 0.25) is 0 Å². The Kier molecular flexibility index (Phi) is 0.879. The van der Waals surface area contributed by atoms with Crippen molar-refractivity contribution in [3.8, 4) is 0 Å². The molecular formula is C4H8O2. The first-order valence-corrected chi connectivity index (χ1v) is 1.55. The van der Waals surface area contributed by atoms with Gasteiger partial charge in [0.1, 0.15) is 0 Å². The SMILES string of the molecule is [2H]C([2H])([2H])COC(C)=O. The van der Waals surface area contributed by atoms with Crippen molar-refractivity contribution in [1.82, 2.24) is 0 Å². The summed E-state index contributed by atoms with van der Waals surface area (Å²) < 4.78 is 23.9. The molecule has 0 saturated heterocycles. The molecule has 0 aromatic rings. The number of rotatable bonds is 1. The number of carbonyl (C=O) groups excluding carboxylic acids is 1. The minimum Gasteiger partial charge on any atom is -0.466 e. The summed E-state index contributed by atoms with van der Waals surface area (Å²) in [7, 11) is 0. The lowest BCUT2D eigenvalue weighted by atomic mass is 10.8. The largest absolute Gasteiger partial charge is 0.466 e. The summed E-state index contributed by atoms with van der Waals surface area (Å²) in [5.74, 6) is -0.564. The molecule has 0 unspecified atom stereocenters. The van der Waals surface area contributed by atoms with Crippen LogP contribution in [0.4, 0.5) is 0 Å². The third-order valence-corrected chi connectivity index (χ3v) is 0.275. The van der Waals surface area contributed by atoms with Crippen LogP contribution < -0.4 is 0 Å². The van der Waals surface area contributed by atoms with Crippen molar-refractivity contribution in [3.05, 3.63) is 0 Å². The van der Waals surface area contributed by atoms with Crippen molar-refractivity contribution in [2.45, 2.75) is 13.8 Å². The van der Waals surface area contributed by atoms with Gasteiger partial charge in [0.15, 0.2) is 0 Å². The molecule has 0 bridgehead atoms. The first kappa shape index (κ1) is 1.96. The molecule has 0 saturated carbocycles. The van der Waals surface area contributed by atoms with Crippen LogP contribution in [0.5, 0.6) is 0 Å². The molecule has 0 heterocycles. The molecule has 0 fully saturated rings. The Balaban J connectivity index is 3.39. The predicted molar refractivity (Wildman–Crippen MR) is 22.3 cm³/mol. The fourth-order valence-corrected chi connectivity index (χ4v) is 0.102. The quantitative estimate of drug-likeness (QED) is 0.441. The van der Waals surface area contributed by atoms with Crippen molar-refractivity contribution >= 4 is 5.97 Å². The Morgan fingerprint density at radius 3 is 3.00 bits per heavy atom. The van der Waals surface area contributed by atoms with Gasteiger partial charge in [-0.1, -0.05) is 0 Å². The van der Waals surface area contributed by atoms with E-state index in [0.29, 0.717) is 0 Å². The number of carbonyl (C=O) groups is 1. The van der Waals surface area contributed by atoms with Gasteiger partial charge in [-0.15, -0.1) is 0 Å². The fraction of sp³-hybridized carbons (Fsp3) is 0.750. The molecular weight excluding hydrogens is 80.0 g/mol. The minimum atomic E-state index is -2.16. The van der Waals surface area contributed by atoms with E-state index in [0.717, 1.165) is 0 Å². The van der Waals surface area contributed by atoms with Crippen molar-refractivity contribution in [3.63, 3.8) is 0 Å². The van der Waals surface area contributed by atoms with Crippen LogP contribution in [0.3, 0.4) is 0 Å². The van der Waals surface area contributed by atoms with E-state index in [9.17, 15) is 4.79 Å². The Bertz CT molecular complexity index is 107. The molecule has 2 heteroatoms. The average Bonchev–Trinajstić information content (AvgIpc) is 1.59.